The van der Waals surface area contributed by atoms with Crippen molar-refractivity contribution in [3.63, 3.8) is 0 Å². The molecular formula is C41H54N6O8S. The van der Waals surface area contributed by atoms with Crippen LogP contribution in [0.15, 0.2) is 36.4 Å². The monoisotopic (exact) mass is 790 g/mol. The Kier molecular flexibility index (Phi) is 12.6. The summed E-state index contributed by atoms with van der Waals surface area (Å²) in [6.07, 6.45) is 9.75. The van der Waals surface area contributed by atoms with E-state index in [0.29, 0.717) is 62.0 Å². The van der Waals surface area contributed by atoms with E-state index in [2.05, 4.69) is 34.1 Å². The van der Waals surface area contributed by atoms with Crippen molar-refractivity contribution in [2.24, 2.45) is 5.92 Å². The fourth-order valence-corrected chi connectivity index (χ4v) is 8.47. The van der Waals surface area contributed by atoms with Crippen LogP contribution < -0.4 is 20.1 Å². The Hall–Kier alpha value is -4.71. The maximum Gasteiger partial charge on any atom is 0.408 e. The van der Waals surface area contributed by atoms with Crippen LogP contribution >= 0.6 is 0 Å². The van der Waals surface area contributed by atoms with Crippen molar-refractivity contribution >= 4 is 44.9 Å². The second-order valence-electron chi connectivity index (χ2n) is 15.7. The highest BCUT2D eigenvalue weighted by Crippen LogP contribution is 2.42. The number of carbonyl (C=O) groups is 4. The molecule has 2 fully saturated rings. The molecule has 1 aromatic carbocycles. The summed E-state index contributed by atoms with van der Waals surface area (Å²) in [5, 5.41) is 5.56. The Balaban J connectivity index is 1.33. The lowest BCUT2D eigenvalue weighted by Crippen LogP contribution is -2.68. The molecule has 0 radical (unpaired) electrons. The number of aromatic nitrogens is 2. The Morgan fingerprint density at radius 3 is 2.52 bits per heavy atom. The predicted molar refractivity (Wildman–Crippen MR) is 210 cm³/mol. The van der Waals surface area contributed by atoms with Gasteiger partial charge >= 0.3 is 6.09 Å². The zero-order chi connectivity index (χ0) is 40.1. The topological polar surface area (TPSA) is 186 Å². The van der Waals surface area contributed by atoms with Crippen LogP contribution in [-0.4, -0.2) is 88.2 Å². The van der Waals surface area contributed by atoms with Crippen LogP contribution in [0.5, 0.6) is 5.88 Å². The number of carbonyl (C=O) groups excluding carboxylic acids is 4. The van der Waals surface area contributed by atoms with Gasteiger partial charge in [-0.25, -0.2) is 27.9 Å². The van der Waals surface area contributed by atoms with Gasteiger partial charge in [-0.3, -0.25) is 14.4 Å². The van der Waals surface area contributed by atoms with Crippen LogP contribution in [0.1, 0.15) is 110 Å². The molecule has 6 unspecified atom stereocenters. The molecule has 6 atom stereocenters. The van der Waals surface area contributed by atoms with Crippen LogP contribution in [0.3, 0.4) is 0 Å². The van der Waals surface area contributed by atoms with E-state index in [4.69, 9.17) is 19.4 Å². The Labute approximate surface area is 329 Å². The van der Waals surface area contributed by atoms with E-state index in [9.17, 15) is 27.6 Å². The van der Waals surface area contributed by atoms with Crippen LogP contribution in [-0.2, 0) is 35.6 Å². The molecule has 4 amide bonds. The van der Waals surface area contributed by atoms with E-state index in [1.54, 1.807) is 19.9 Å². The summed E-state index contributed by atoms with van der Waals surface area (Å²) in [7, 11) is -4.07. The summed E-state index contributed by atoms with van der Waals surface area (Å²) in [5.41, 5.74) is 0.140. The van der Waals surface area contributed by atoms with Gasteiger partial charge in [-0.2, -0.15) is 0 Å². The minimum Gasteiger partial charge on any atom is -0.471 e. The molecule has 2 aliphatic heterocycles. The first-order chi connectivity index (χ1) is 26.8. The molecule has 2 aromatic rings. The van der Waals surface area contributed by atoms with E-state index in [1.165, 1.54) is 4.90 Å². The van der Waals surface area contributed by atoms with Crippen molar-refractivity contribution in [1.29, 1.82) is 0 Å². The van der Waals surface area contributed by atoms with Crippen LogP contribution in [0.25, 0.3) is 11.0 Å². The largest absolute Gasteiger partial charge is 0.471 e. The maximum atomic E-state index is 14.6. The van der Waals surface area contributed by atoms with Gasteiger partial charge < -0.3 is 25.0 Å². The van der Waals surface area contributed by atoms with Gasteiger partial charge in [0, 0.05) is 6.42 Å². The first-order valence-electron chi connectivity index (χ1n) is 20.1. The number of fused-ring (bicyclic) bond motifs is 3. The molecule has 0 spiro atoms. The first-order valence-corrected chi connectivity index (χ1v) is 21.6. The molecular weight excluding hydrogens is 737 g/mol. The number of hydrogen-bond acceptors (Lipinski definition) is 10. The number of nitrogens with one attached hydrogen (secondary N) is 3. The Morgan fingerprint density at radius 1 is 1.09 bits per heavy atom. The van der Waals surface area contributed by atoms with Gasteiger partial charge in [0.05, 0.1) is 28.2 Å². The van der Waals surface area contributed by atoms with Gasteiger partial charge in [-0.05, 0) is 77.3 Å². The number of ether oxygens (including phenoxy) is 2. The van der Waals surface area contributed by atoms with Gasteiger partial charge in [-0.1, -0.05) is 75.7 Å². The van der Waals surface area contributed by atoms with Gasteiger partial charge in [0.1, 0.15) is 30.0 Å². The highest BCUT2D eigenvalue weighted by atomic mass is 32.2. The van der Waals surface area contributed by atoms with Crippen molar-refractivity contribution in [3.8, 4) is 17.7 Å². The van der Waals surface area contributed by atoms with Crippen molar-refractivity contribution in [1.82, 2.24) is 30.2 Å². The van der Waals surface area contributed by atoms with Crippen molar-refractivity contribution in [2.45, 2.75) is 146 Å². The zero-order valence-electron chi connectivity index (χ0n) is 32.8. The fraction of sp³-hybridized carbons (Fsp3) is 0.610. The van der Waals surface area contributed by atoms with Crippen LogP contribution in [0, 0.1) is 17.8 Å². The molecule has 4 aliphatic rings. The number of aryl methyl sites for hydroxylation is 1. The van der Waals surface area contributed by atoms with Gasteiger partial charge in [0.25, 0.3) is 5.91 Å². The predicted octanol–water partition coefficient (Wildman–Crippen LogP) is 4.61. The van der Waals surface area contributed by atoms with E-state index in [-0.39, 0.29) is 19.1 Å². The number of rotatable bonds is 12. The van der Waals surface area contributed by atoms with Gasteiger partial charge in [-0.15, -0.1) is 0 Å². The summed E-state index contributed by atoms with van der Waals surface area (Å²) in [5.74, 6) is 3.08. The number of sulfonamides is 1. The lowest BCUT2D eigenvalue weighted by Gasteiger charge is -2.38. The molecule has 14 nitrogen and oxygen atoms in total. The number of hydrogen-bond donors (Lipinski definition) is 3. The molecule has 0 bridgehead atoms. The third-order valence-electron chi connectivity index (χ3n) is 11.3. The molecule has 302 valence electrons. The number of amides is 4. The number of unbranched alkanes of at least 4 members (excludes halogenated alkanes) is 2. The molecule has 6 rings (SSSR count). The lowest BCUT2D eigenvalue weighted by atomic mass is 9.75. The summed E-state index contributed by atoms with van der Waals surface area (Å²) >= 11 is 0. The summed E-state index contributed by atoms with van der Waals surface area (Å²) < 4.78 is 39.6. The normalized spacial score (nSPS) is 26.5. The minimum atomic E-state index is -4.07. The average Bonchev–Trinajstić information content (AvgIpc) is 3.79. The van der Waals surface area contributed by atoms with Crippen molar-refractivity contribution in [3.05, 3.63) is 42.1 Å². The SMILES string of the molecule is CCCCCc1nc2ccccc2nc1OC1CC2C(=O)NC3(C(=O)NS(=O)(=O)C4(C)CC4)C#CC3C=CCCCCCC(NC(=O)OC(C)CC)C(=O)N2C1. The highest BCUT2D eigenvalue weighted by Gasteiger charge is 2.56. The van der Waals surface area contributed by atoms with Crippen molar-refractivity contribution in [2.75, 3.05) is 6.54 Å². The van der Waals surface area contributed by atoms with Gasteiger partial charge in [0.2, 0.25) is 27.7 Å². The van der Waals surface area contributed by atoms with Gasteiger partial charge in [0.15, 0.2) is 5.54 Å². The molecule has 56 heavy (non-hydrogen) atoms. The molecule has 1 aromatic heterocycles. The molecule has 1 saturated carbocycles. The van der Waals surface area contributed by atoms with E-state index in [1.807, 2.05) is 37.3 Å². The van der Waals surface area contributed by atoms with Crippen LogP contribution in [0.4, 0.5) is 4.79 Å². The molecule has 1 saturated heterocycles. The van der Waals surface area contributed by atoms with E-state index >= 15 is 0 Å². The summed E-state index contributed by atoms with van der Waals surface area (Å²) in [6.45, 7) is 7.30. The molecule has 3 heterocycles. The molecule has 2 aliphatic carbocycles. The molecule has 3 N–H and O–H groups in total. The summed E-state index contributed by atoms with van der Waals surface area (Å²) in [6, 6.07) is 5.31. The quantitative estimate of drug-likeness (QED) is 0.156. The second kappa shape index (κ2) is 17.2. The summed E-state index contributed by atoms with van der Waals surface area (Å²) in [4.78, 5) is 67.2. The zero-order valence-corrected chi connectivity index (χ0v) is 33.6. The number of para-hydroxylation sites is 2. The molecule has 15 heteroatoms. The Bertz CT molecular complexity index is 2020. The van der Waals surface area contributed by atoms with E-state index < -0.39 is 68.2 Å². The van der Waals surface area contributed by atoms with Crippen molar-refractivity contribution < 1.29 is 37.1 Å². The fourth-order valence-electron chi connectivity index (χ4n) is 7.18. The number of alkyl carbamates (subject to hydrolysis) is 1. The third kappa shape index (κ3) is 8.96. The Morgan fingerprint density at radius 2 is 1.84 bits per heavy atom. The first kappa shape index (κ1) is 40.9. The average molecular weight is 791 g/mol. The maximum absolute atomic E-state index is 14.6. The highest BCUT2D eigenvalue weighted by molar-refractivity contribution is 7.91. The van der Waals surface area contributed by atoms with E-state index in [0.717, 1.165) is 37.6 Å². The van der Waals surface area contributed by atoms with Crippen LogP contribution in [0.2, 0.25) is 0 Å². The smallest absolute Gasteiger partial charge is 0.408 e. The standard InChI is InChI=1S/C41H54N6O8S/c1-5-7-11-19-32-36(43-31-18-15-14-17-30(31)42-32)55-29-25-34-35(48)45-41(38(50)46-56(52,53)40(4)23-24-40)22-21-28(41)16-12-9-8-10-13-20-33(37(49)47(34)26-29)44-39(51)54-27(3)6-2/h12,14-18,27-29,33-34H,5-11,13,19-20,23-26H2,1-4H3,(H,44,51)(H,45,48)(H,46,50). The minimum absolute atomic E-state index is 0.0204. The second-order valence-corrected chi connectivity index (χ2v) is 17.9. The lowest BCUT2D eigenvalue weighted by molar-refractivity contribution is -0.141. The number of allylic oxidation sites excluding steroid dienone is 1. The third-order valence-corrected chi connectivity index (χ3v) is 13.5. The number of benzene rings is 1. The number of nitrogens with zero attached hydrogens (tertiary/aromatic N) is 3.